The minimum absolute atomic E-state index is 0.0448. The predicted octanol–water partition coefficient (Wildman–Crippen LogP) is 4.12. The summed E-state index contributed by atoms with van der Waals surface area (Å²) >= 11 is 5.30. The molecule has 0 saturated heterocycles. The summed E-state index contributed by atoms with van der Waals surface area (Å²) in [5.41, 5.74) is 5.98. The molecule has 1 aliphatic rings. The van der Waals surface area contributed by atoms with Gasteiger partial charge in [-0.15, -0.1) is 0 Å². The van der Waals surface area contributed by atoms with Crippen LogP contribution >= 0.6 is 12.2 Å². The SMILES string of the molecule is C[C@@H]1[C@@H](C)CCC[C@H]1NC(=S)NNC(=O)CCC(=O)c1ccc2ccccc2c1. The van der Waals surface area contributed by atoms with E-state index in [-0.39, 0.29) is 24.5 Å². The summed E-state index contributed by atoms with van der Waals surface area (Å²) in [6.07, 6.45) is 3.79. The third kappa shape index (κ3) is 5.76. The first-order valence-corrected chi connectivity index (χ1v) is 10.7. The molecule has 6 heteroatoms. The molecule has 1 amide bonds. The molecule has 1 aliphatic carbocycles. The highest BCUT2D eigenvalue weighted by Crippen LogP contribution is 2.29. The van der Waals surface area contributed by atoms with Gasteiger partial charge in [0.15, 0.2) is 10.9 Å². The number of carbonyl (C=O) groups is 2. The first kappa shape index (κ1) is 21.2. The molecule has 29 heavy (non-hydrogen) atoms. The Kier molecular flexibility index (Phi) is 7.20. The Balaban J connectivity index is 1.42. The zero-order valence-corrected chi connectivity index (χ0v) is 17.9. The topological polar surface area (TPSA) is 70.2 Å². The van der Waals surface area contributed by atoms with E-state index in [1.165, 1.54) is 12.8 Å². The van der Waals surface area contributed by atoms with Gasteiger partial charge < -0.3 is 5.32 Å². The number of rotatable bonds is 5. The van der Waals surface area contributed by atoms with Gasteiger partial charge in [-0.1, -0.05) is 63.1 Å². The first-order chi connectivity index (χ1) is 13.9. The second-order valence-electron chi connectivity index (χ2n) is 8.01. The van der Waals surface area contributed by atoms with Crippen molar-refractivity contribution in [3.05, 3.63) is 48.0 Å². The van der Waals surface area contributed by atoms with Crippen LogP contribution in [-0.4, -0.2) is 22.8 Å². The number of Topliss-reactive ketones (excluding diaryl/α,β-unsaturated/α-hetero) is 1. The Bertz CT molecular complexity index is 899. The van der Waals surface area contributed by atoms with Crippen molar-refractivity contribution in [3.8, 4) is 0 Å². The number of hydrogen-bond acceptors (Lipinski definition) is 3. The lowest BCUT2D eigenvalue weighted by Crippen LogP contribution is -2.52. The fourth-order valence-corrected chi connectivity index (χ4v) is 4.12. The molecule has 0 unspecified atom stereocenters. The molecule has 2 aromatic rings. The van der Waals surface area contributed by atoms with Gasteiger partial charge in [0, 0.05) is 24.4 Å². The average molecular weight is 412 g/mol. The molecule has 3 rings (SSSR count). The number of amides is 1. The number of nitrogens with one attached hydrogen (secondary N) is 3. The summed E-state index contributed by atoms with van der Waals surface area (Å²) in [5.74, 6) is 0.906. The van der Waals surface area contributed by atoms with Crippen LogP contribution in [0.25, 0.3) is 10.8 Å². The van der Waals surface area contributed by atoms with E-state index in [0.29, 0.717) is 28.6 Å². The van der Waals surface area contributed by atoms with Gasteiger partial charge in [0.1, 0.15) is 0 Å². The predicted molar refractivity (Wildman–Crippen MR) is 120 cm³/mol. The zero-order chi connectivity index (χ0) is 20.8. The number of benzene rings is 2. The minimum atomic E-state index is -0.256. The fourth-order valence-electron chi connectivity index (χ4n) is 3.91. The lowest BCUT2D eigenvalue weighted by molar-refractivity contribution is -0.121. The molecule has 2 aromatic carbocycles. The molecule has 0 radical (unpaired) electrons. The van der Waals surface area contributed by atoms with Gasteiger partial charge in [0.05, 0.1) is 0 Å². The normalized spacial score (nSPS) is 21.4. The first-order valence-electron chi connectivity index (χ1n) is 10.3. The van der Waals surface area contributed by atoms with Crippen LogP contribution < -0.4 is 16.2 Å². The van der Waals surface area contributed by atoms with Gasteiger partial charge >= 0.3 is 0 Å². The smallest absolute Gasteiger partial charge is 0.238 e. The Morgan fingerprint density at radius 3 is 2.55 bits per heavy atom. The van der Waals surface area contributed by atoms with Crippen molar-refractivity contribution in [1.29, 1.82) is 0 Å². The Hall–Kier alpha value is -2.47. The summed E-state index contributed by atoms with van der Waals surface area (Å²) in [5, 5.41) is 5.83. The number of hydrazine groups is 1. The maximum Gasteiger partial charge on any atom is 0.238 e. The quantitative estimate of drug-likeness (QED) is 0.392. The number of hydrogen-bond donors (Lipinski definition) is 3. The standard InChI is InChI=1S/C23H29N3O2S/c1-15-6-5-9-20(16(15)2)24-23(29)26-25-22(28)13-12-21(27)19-11-10-17-7-3-4-8-18(17)14-19/h3-4,7-8,10-11,14-16,20H,5-6,9,12-13H2,1-2H3,(H,25,28)(H2,24,26,29)/t15-,16+,20+/m0/s1. The summed E-state index contributed by atoms with van der Waals surface area (Å²) in [4.78, 5) is 24.5. The van der Waals surface area contributed by atoms with Gasteiger partial charge in [0.25, 0.3) is 0 Å². The van der Waals surface area contributed by atoms with Crippen LogP contribution in [-0.2, 0) is 4.79 Å². The van der Waals surface area contributed by atoms with Crippen LogP contribution in [0.2, 0.25) is 0 Å². The van der Waals surface area contributed by atoms with Crippen molar-refractivity contribution in [2.24, 2.45) is 11.8 Å². The minimum Gasteiger partial charge on any atom is -0.358 e. The Morgan fingerprint density at radius 1 is 1.00 bits per heavy atom. The van der Waals surface area contributed by atoms with E-state index in [1.54, 1.807) is 0 Å². The molecule has 154 valence electrons. The van der Waals surface area contributed by atoms with Crippen molar-refractivity contribution in [2.75, 3.05) is 0 Å². The molecule has 3 atom stereocenters. The molecule has 5 nitrogen and oxygen atoms in total. The van der Waals surface area contributed by atoms with Gasteiger partial charge in [-0.05, 0) is 47.3 Å². The van der Waals surface area contributed by atoms with Crippen LogP contribution in [0, 0.1) is 11.8 Å². The Labute approximate surface area is 177 Å². The lowest BCUT2D eigenvalue weighted by Gasteiger charge is -2.35. The maximum atomic E-state index is 12.4. The second-order valence-corrected chi connectivity index (χ2v) is 8.41. The van der Waals surface area contributed by atoms with E-state index in [0.717, 1.165) is 17.2 Å². The van der Waals surface area contributed by atoms with Crippen molar-refractivity contribution in [3.63, 3.8) is 0 Å². The highest BCUT2D eigenvalue weighted by Gasteiger charge is 2.27. The summed E-state index contributed by atoms with van der Waals surface area (Å²) in [6, 6.07) is 13.8. The number of thiocarbonyl (C=S) groups is 1. The molecule has 0 heterocycles. The molecular formula is C23H29N3O2S. The highest BCUT2D eigenvalue weighted by atomic mass is 32.1. The number of carbonyl (C=O) groups excluding carboxylic acids is 2. The molecule has 3 N–H and O–H groups in total. The Morgan fingerprint density at radius 2 is 1.76 bits per heavy atom. The zero-order valence-electron chi connectivity index (χ0n) is 17.0. The lowest BCUT2D eigenvalue weighted by atomic mass is 9.78. The van der Waals surface area contributed by atoms with Crippen molar-refractivity contribution >= 4 is 39.8 Å². The van der Waals surface area contributed by atoms with Crippen LogP contribution in [0.3, 0.4) is 0 Å². The van der Waals surface area contributed by atoms with Crippen molar-refractivity contribution in [1.82, 2.24) is 16.2 Å². The molecule has 0 spiro atoms. The monoisotopic (exact) mass is 411 g/mol. The maximum absolute atomic E-state index is 12.4. The van der Waals surface area contributed by atoms with Crippen LogP contribution in [0.5, 0.6) is 0 Å². The molecule has 0 aromatic heterocycles. The van der Waals surface area contributed by atoms with E-state index in [4.69, 9.17) is 12.2 Å². The van der Waals surface area contributed by atoms with Gasteiger partial charge in [-0.3, -0.25) is 20.4 Å². The van der Waals surface area contributed by atoms with Gasteiger partial charge in [-0.25, -0.2) is 0 Å². The second kappa shape index (κ2) is 9.83. The van der Waals surface area contributed by atoms with Crippen LogP contribution in [0.15, 0.2) is 42.5 Å². The molecule has 0 aliphatic heterocycles. The largest absolute Gasteiger partial charge is 0.358 e. The fraction of sp³-hybridized carbons (Fsp3) is 0.435. The summed E-state index contributed by atoms with van der Waals surface area (Å²) < 4.78 is 0. The third-order valence-electron chi connectivity index (χ3n) is 5.99. The van der Waals surface area contributed by atoms with E-state index >= 15 is 0 Å². The highest BCUT2D eigenvalue weighted by molar-refractivity contribution is 7.80. The van der Waals surface area contributed by atoms with E-state index in [9.17, 15) is 9.59 Å². The number of ketones is 1. The van der Waals surface area contributed by atoms with Gasteiger partial charge in [-0.2, -0.15) is 0 Å². The van der Waals surface area contributed by atoms with Crippen molar-refractivity contribution < 1.29 is 9.59 Å². The van der Waals surface area contributed by atoms with Crippen LogP contribution in [0.1, 0.15) is 56.3 Å². The molecule has 1 fully saturated rings. The van der Waals surface area contributed by atoms with Crippen molar-refractivity contribution in [2.45, 2.75) is 52.0 Å². The van der Waals surface area contributed by atoms with E-state index in [2.05, 4.69) is 30.0 Å². The van der Waals surface area contributed by atoms with Crippen LogP contribution in [0.4, 0.5) is 0 Å². The molecule has 1 saturated carbocycles. The van der Waals surface area contributed by atoms with E-state index < -0.39 is 0 Å². The summed E-state index contributed by atoms with van der Waals surface area (Å²) in [6.45, 7) is 4.50. The van der Waals surface area contributed by atoms with E-state index in [1.807, 2.05) is 42.5 Å². The average Bonchev–Trinajstić information content (AvgIpc) is 2.73. The third-order valence-corrected chi connectivity index (χ3v) is 6.21. The summed E-state index contributed by atoms with van der Waals surface area (Å²) in [7, 11) is 0. The molecular weight excluding hydrogens is 382 g/mol. The number of fused-ring (bicyclic) bond motifs is 1. The van der Waals surface area contributed by atoms with Gasteiger partial charge in [0.2, 0.25) is 5.91 Å². The molecule has 0 bridgehead atoms.